The van der Waals surface area contributed by atoms with Crippen LogP contribution in [0.3, 0.4) is 0 Å². The van der Waals surface area contributed by atoms with Crippen molar-refractivity contribution in [3.8, 4) is 0 Å². The van der Waals surface area contributed by atoms with Gasteiger partial charge in [0.15, 0.2) is 0 Å². The van der Waals surface area contributed by atoms with E-state index in [-0.39, 0.29) is 5.97 Å². The molecule has 0 aliphatic heterocycles. The maximum absolute atomic E-state index is 11.1. The van der Waals surface area contributed by atoms with Crippen LogP contribution in [-0.2, 0) is 9.53 Å². The summed E-state index contributed by atoms with van der Waals surface area (Å²) >= 11 is 5.18. The van der Waals surface area contributed by atoms with Crippen LogP contribution < -0.4 is 0 Å². The summed E-state index contributed by atoms with van der Waals surface area (Å²) in [4.78, 5) is 12.3. The van der Waals surface area contributed by atoms with Gasteiger partial charge in [-0.3, -0.25) is 4.79 Å². The van der Waals surface area contributed by atoms with Crippen molar-refractivity contribution in [2.75, 3.05) is 12.4 Å². The highest BCUT2D eigenvalue weighted by Gasteiger charge is 2.01. The zero-order chi connectivity index (χ0) is 11.8. The maximum atomic E-state index is 11.1. The molecule has 0 radical (unpaired) electrons. The van der Waals surface area contributed by atoms with E-state index in [9.17, 15) is 4.79 Å². The number of hydrogen-bond acceptors (Lipinski definition) is 3. The van der Waals surface area contributed by atoms with Crippen LogP contribution in [-0.4, -0.2) is 18.3 Å². The van der Waals surface area contributed by atoms with Crippen LogP contribution in [0.5, 0.6) is 0 Å². The Morgan fingerprint density at radius 3 is 3.00 bits per heavy atom. The zero-order valence-electron chi connectivity index (χ0n) is 9.24. The first-order chi connectivity index (χ1) is 7.72. The Morgan fingerprint density at radius 1 is 1.50 bits per heavy atom. The Labute approximate surface area is 109 Å². The van der Waals surface area contributed by atoms with Crippen LogP contribution in [0, 0.1) is 0 Å². The van der Waals surface area contributed by atoms with E-state index in [1.165, 1.54) is 4.90 Å². The fourth-order valence-corrected chi connectivity index (χ4v) is 2.66. The monoisotopic (exact) mass is 302 g/mol. The van der Waals surface area contributed by atoms with Crippen LogP contribution in [0.4, 0.5) is 0 Å². The molecule has 0 saturated carbocycles. The normalized spacial score (nSPS) is 10.1. The summed E-state index contributed by atoms with van der Waals surface area (Å²) < 4.78 is 5.94. The summed E-state index contributed by atoms with van der Waals surface area (Å²) in [5.74, 6) is 0.840. The van der Waals surface area contributed by atoms with Gasteiger partial charge in [-0.1, -0.05) is 22.0 Å². The largest absolute Gasteiger partial charge is 0.466 e. The van der Waals surface area contributed by atoms with E-state index < -0.39 is 0 Å². The van der Waals surface area contributed by atoms with Crippen molar-refractivity contribution >= 4 is 33.7 Å². The van der Waals surface area contributed by atoms with E-state index in [0.29, 0.717) is 13.0 Å². The number of halogens is 1. The van der Waals surface area contributed by atoms with Crippen LogP contribution in [0.15, 0.2) is 33.6 Å². The molecule has 0 unspecified atom stereocenters. The van der Waals surface area contributed by atoms with Gasteiger partial charge in [-0.05, 0) is 37.3 Å². The summed E-state index contributed by atoms with van der Waals surface area (Å²) in [5, 5.41) is 0. The SMILES string of the molecule is CCOC(=O)CCCSc1cccc(Br)c1. The van der Waals surface area contributed by atoms with Crippen molar-refractivity contribution < 1.29 is 9.53 Å². The molecule has 1 aromatic carbocycles. The first-order valence-electron chi connectivity index (χ1n) is 5.26. The predicted molar refractivity (Wildman–Crippen MR) is 70.7 cm³/mol. The van der Waals surface area contributed by atoms with Crippen molar-refractivity contribution in [3.63, 3.8) is 0 Å². The number of thioether (sulfide) groups is 1. The molecular weight excluding hydrogens is 288 g/mol. The van der Waals surface area contributed by atoms with Crippen molar-refractivity contribution in [1.82, 2.24) is 0 Å². The lowest BCUT2D eigenvalue weighted by Gasteiger charge is -2.02. The first kappa shape index (κ1) is 13.6. The highest BCUT2D eigenvalue weighted by atomic mass is 79.9. The molecule has 1 aromatic rings. The molecule has 0 saturated heterocycles. The average Bonchev–Trinajstić information content (AvgIpc) is 2.25. The molecule has 88 valence electrons. The minimum atomic E-state index is -0.0997. The number of esters is 1. The van der Waals surface area contributed by atoms with E-state index in [4.69, 9.17) is 4.74 Å². The third kappa shape index (κ3) is 5.56. The van der Waals surface area contributed by atoms with Crippen molar-refractivity contribution in [3.05, 3.63) is 28.7 Å². The second kappa shape index (κ2) is 7.74. The standard InChI is InChI=1S/C12H15BrO2S/c1-2-15-12(14)7-4-8-16-11-6-3-5-10(13)9-11/h3,5-6,9H,2,4,7-8H2,1H3. The van der Waals surface area contributed by atoms with Crippen molar-refractivity contribution in [2.45, 2.75) is 24.7 Å². The van der Waals surface area contributed by atoms with Crippen LogP contribution >= 0.6 is 27.7 Å². The number of rotatable bonds is 6. The van der Waals surface area contributed by atoms with E-state index in [2.05, 4.69) is 28.1 Å². The first-order valence-corrected chi connectivity index (χ1v) is 7.04. The van der Waals surface area contributed by atoms with Gasteiger partial charge in [-0.2, -0.15) is 0 Å². The van der Waals surface area contributed by atoms with Crippen LogP contribution in [0.25, 0.3) is 0 Å². The molecule has 4 heteroatoms. The van der Waals surface area contributed by atoms with Gasteiger partial charge in [0.25, 0.3) is 0 Å². The van der Waals surface area contributed by atoms with Gasteiger partial charge in [-0.15, -0.1) is 11.8 Å². The number of carbonyl (C=O) groups is 1. The third-order valence-electron chi connectivity index (χ3n) is 1.90. The third-order valence-corrected chi connectivity index (χ3v) is 3.47. The van der Waals surface area contributed by atoms with Crippen LogP contribution in [0.1, 0.15) is 19.8 Å². The van der Waals surface area contributed by atoms with Crippen LogP contribution in [0.2, 0.25) is 0 Å². The molecule has 0 aliphatic carbocycles. The molecule has 0 heterocycles. The minimum Gasteiger partial charge on any atom is -0.466 e. The van der Waals surface area contributed by atoms with Gasteiger partial charge < -0.3 is 4.74 Å². The Morgan fingerprint density at radius 2 is 2.31 bits per heavy atom. The summed E-state index contributed by atoms with van der Waals surface area (Å²) in [7, 11) is 0. The smallest absolute Gasteiger partial charge is 0.305 e. The summed E-state index contributed by atoms with van der Waals surface area (Å²) in [5.41, 5.74) is 0. The average molecular weight is 303 g/mol. The number of carbonyl (C=O) groups excluding carboxylic acids is 1. The van der Waals surface area contributed by atoms with Gasteiger partial charge in [0, 0.05) is 15.8 Å². The van der Waals surface area contributed by atoms with E-state index in [1.807, 2.05) is 19.1 Å². The lowest BCUT2D eigenvalue weighted by molar-refractivity contribution is -0.143. The number of hydrogen-bond donors (Lipinski definition) is 0. The minimum absolute atomic E-state index is 0.0997. The lowest BCUT2D eigenvalue weighted by atomic mass is 10.3. The molecule has 0 N–H and O–H groups in total. The molecule has 0 aromatic heterocycles. The second-order valence-corrected chi connectivity index (χ2v) is 5.30. The molecule has 2 nitrogen and oxygen atoms in total. The molecule has 16 heavy (non-hydrogen) atoms. The molecule has 0 bridgehead atoms. The molecule has 0 fully saturated rings. The molecule has 0 spiro atoms. The zero-order valence-corrected chi connectivity index (χ0v) is 11.6. The summed E-state index contributed by atoms with van der Waals surface area (Å²) in [6, 6.07) is 8.16. The van der Waals surface area contributed by atoms with Gasteiger partial charge in [0.05, 0.1) is 6.61 Å². The molecule has 0 aliphatic rings. The van der Waals surface area contributed by atoms with Gasteiger partial charge >= 0.3 is 5.97 Å². The number of ether oxygens (including phenoxy) is 1. The molecular formula is C12H15BrO2S. The summed E-state index contributed by atoms with van der Waals surface area (Å²) in [6.45, 7) is 2.30. The quantitative estimate of drug-likeness (QED) is 0.453. The molecule has 0 amide bonds. The van der Waals surface area contributed by atoms with E-state index in [0.717, 1.165) is 16.6 Å². The fraction of sp³-hybridized carbons (Fsp3) is 0.417. The predicted octanol–water partition coefficient (Wildman–Crippen LogP) is 3.88. The maximum Gasteiger partial charge on any atom is 0.305 e. The van der Waals surface area contributed by atoms with E-state index in [1.54, 1.807) is 11.8 Å². The van der Waals surface area contributed by atoms with E-state index >= 15 is 0 Å². The lowest BCUT2D eigenvalue weighted by Crippen LogP contribution is -2.03. The highest BCUT2D eigenvalue weighted by Crippen LogP contribution is 2.22. The van der Waals surface area contributed by atoms with Gasteiger partial charge in [0.1, 0.15) is 0 Å². The summed E-state index contributed by atoms with van der Waals surface area (Å²) in [6.07, 6.45) is 1.37. The Kier molecular flexibility index (Phi) is 6.57. The fourth-order valence-electron chi connectivity index (χ4n) is 1.20. The molecule has 1 rings (SSSR count). The van der Waals surface area contributed by atoms with Gasteiger partial charge in [0.2, 0.25) is 0 Å². The van der Waals surface area contributed by atoms with Crippen molar-refractivity contribution in [1.29, 1.82) is 0 Å². The topological polar surface area (TPSA) is 26.3 Å². The second-order valence-electron chi connectivity index (χ2n) is 3.21. The Balaban J connectivity index is 2.18. The van der Waals surface area contributed by atoms with Crippen molar-refractivity contribution in [2.24, 2.45) is 0 Å². The highest BCUT2D eigenvalue weighted by molar-refractivity contribution is 9.10. The Hall–Kier alpha value is -0.480. The molecule has 0 atom stereocenters. The Bertz CT molecular complexity index is 342. The van der Waals surface area contributed by atoms with Gasteiger partial charge in [-0.25, -0.2) is 0 Å². The number of benzene rings is 1.